The van der Waals surface area contributed by atoms with Crippen LogP contribution in [0.15, 0.2) is 12.0 Å². The molecule has 0 aliphatic carbocycles. The highest BCUT2D eigenvalue weighted by molar-refractivity contribution is 5.93. The summed E-state index contributed by atoms with van der Waals surface area (Å²) in [6.07, 6.45) is 1.27. The topological polar surface area (TPSA) is 124 Å². The molecule has 0 unspecified atom stereocenters. The molecule has 2 amide bonds. The summed E-state index contributed by atoms with van der Waals surface area (Å²) in [7, 11) is 0. The van der Waals surface area contributed by atoms with E-state index >= 15 is 0 Å². The number of hydrogen-bond acceptors (Lipinski definition) is 9. The van der Waals surface area contributed by atoms with Gasteiger partial charge in [-0.15, -0.1) is 0 Å². The Labute approximate surface area is 159 Å². The smallest absolute Gasteiger partial charge is 0.226 e. The predicted octanol–water partition coefficient (Wildman–Crippen LogP) is -0.710. The first kappa shape index (κ1) is 25.3. The van der Waals surface area contributed by atoms with Gasteiger partial charge in [-0.25, -0.2) is 0 Å². The van der Waals surface area contributed by atoms with Crippen LogP contribution in [0.25, 0.3) is 0 Å². The third-order valence-electron chi connectivity index (χ3n) is 2.99. The molecule has 0 saturated heterocycles. The van der Waals surface area contributed by atoms with Crippen LogP contribution in [0.3, 0.4) is 0 Å². The molecule has 10 nitrogen and oxygen atoms in total. The van der Waals surface area contributed by atoms with Crippen molar-refractivity contribution < 1.29 is 43.5 Å². The van der Waals surface area contributed by atoms with E-state index in [9.17, 15) is 9.59 Å². The zero-order valence-electron chi connectivity index (χ0n) is 16.1. The number of rotatable bonds is 17. The summed E-state index contributed by atoms with van der Waals surface area (Å²) in [6, 6.07) is 0. The van der Waals surface area contributed by atoms with E-state index in [-0.39, 0.29) is 45.3 Å². The molecule has 0 aromatic rings. The van der Waals surface area contributed by atoms with Crippen molar-refractivity contribution in [2.24, 2.45) is 0 Å². The van der Waals surface area contributed by atoms with E-state index in [2.05, 4.69) is 0 Å². The van der Waals surface area contributed by atoms with E-state index in [0.717, 1.165) is 4.90 Å². The highest BCUT2D eigenvalue weighted by Crippen LogP contribution is 2.04. The minimum atomic E-state index is -0.407. The van der Waals surface area contributed by atoms with Crippen molar-refractivity contribution in [2.75, 3.05) is 72.6 Å². The van der Waals surface area contributed by atoms with Gasteiger partial charge in [-0.3, -0.25) is 14.5 Å². The lowest BCUT2D eigenvalue weighted by molar-refractivity contribution is -0.142. The van der Waals surface area contributed by atoms with Crippen molar-refractivity contribution in [1.29, 1.82) is 0 Å². The van der Waals surface area contributed by atoms with Crippen LogP contribution in [0.5, 0.6) is 0 Å². The van der Waals surface area contributed by atoms with E-state index in [0.29, 0.717) is 33.0 Å². The third kappa shape index (κ3) is 15.1. The molecular weight excluding hydrogens is 362 g/mol. The molecular formula is C17H31NO9. The molecule has 0 atom stereocenters. The van der Waals surface area contributed by atoms with Crippen molar-refractivity contribution in [1.82, 2.24) is 4.90 Å². The molecule has 2 N–H and O–H groups in total. The summed E-state index contributed by atoms with van der Waals surface area (Å²) in [5, 5.41) is 17.3. The number of aliphatic hydroxyl groups excluding tert-OH is 2. The highest BCUT2D eigenvalue weighted by atomic mass is 16.6. The van der Waals surface area contributed by atoms with Crippen molar-refractivity contribution in [3.05, 3.63) is 12.0 Å². The Kier molecular flexibility index (Phi) is 16.6. The Hall–Kier alpha value is -1.72. The SMILES string of the molecule is CC(=O)N(C/C(=C/OCCO)OCCOCCOCCOCCO)C(C)=O. The van der Waals surface area contributed by atoms with Crippen LogP contribution in [-0.4, -0.2) is 99.5 Å². The van der Waals surface area contributed by atoms with Crippen LogP contribution in [-0.2, 0) is 33.3 Å². The molecule has 0 saturated carbocycles. The number of carbonyl (C=O) groups excluding carboxylic acids is 2. The second-order valence-corrected chi connectivity index (χ2v) is 5.21. The molecule has 0 fully saturated rings. The van der Waals surface area contributed by atoms with Crippen molar-refractivity contribution in [3.8, 4) is 0 Å². The monoisotopic (exact) mass is 393 g/mol. The maximum absolute atomic E-state index is 11.5. The molecule has 0 aromatic heterocycles. The van der Waals surface area contributed by atoms with Gasteiger partial charge in [0.2, 0.25) is 11.8 Å². The van der Waals surface area contributed by atoms with Crippen LogP contribution < -0.4 is 0 Å². The summed E-state index contributed by atoms with van der Waals surface area (Å²) in [6.45, 7) is 4.76. The zero-order valence-corrected chi connectivity index (χ0v) is 16.1. The van der Waals surface area contributed by atoms with Crippen LogP contribution >= 0.6 is 0 Å². The summed E-state index contributed by atoms with van der Waals surface area (Å²) in [5.74, 6) is -0.541. The van der Waals surface area contributed by atoms with Crippen molar-refractivity contribution >= 4 is 11.8 Å². The van der Waals surface area contributed by atoms with Crippen LogP contribution in [0.2, 0.25) is 0 Å². The number of carbonyl (C=O) groups is 2. The Balaban J connectivity index is 4.03. The number of amides is 2. The number of imide groups is 1. The molecule has 0 aliphatic rings. The standard InChI is InChI=1S/C17H31NO9/c1-15(21)18(16(2)22)13-17(14-26-6-4-20)27-12-11-25-10-9-24-8-7-23-5-3-19/h14,19-20H,3-13H2,1-2H3/b17-14-. The minimum absolute atomic E-state index is 0.0127. The lowest BCUT2D eigenvalue weighted by Crippen LogP contribution is -2.35. The second kappa shape index (κ2) is 17.7. The third-order valence-corrected chi connectivity index (χ3v) is 2.99. The highest BCUT2D eigenvalue weighted by Gasteiger charge is 2.16. The quantitative estimate of drug-likeness (QED) is 0.244. The molecule has 10 heteroatoms. The van der Waals surface area contributed by atoms with Crippen LogP contribution in [0.1, 0.15) is 13.8 Å². The number of aliphatic hydroxyl groups is 2. The summed E-state index contributed by atoms with van der Waals surface area (Å²) in [5.41, 5.74) is 0. The van der Waals surface area contributed by atoms with Gasteiger partial charge >= 0.3 is 0 Å². The Bertz CT molecular complexity index is 415. The molecule has 0 heterocycles. The fourth-order valence-electron chi connectivity index (χ4n) is 1.76. The second-order valence-electron chi connectivity index (χ2n) is 5.21. The van der Waals surface area contributed by atoms with Gasteiger partial charge in [-0.1, -0.05) is 0 Å². The maximum Gasteiger partial charge on any atom is 0.226 e. The molecule has 0 bridgehead atoms. The van der Waals surface area contributed by atoms with Gasteiger partial charge in [0.15, 0.2) is 5.76 Å². The van der Waals surface area contributed by atoms with E-state index < -0.39 is 11.8 Å². The fraction of sp³-hybridized carbons (Fsp3) is 0.765. The van der Waals surface area contributed by atoms with Crippen LogP contribution in [0.4, 0.5) is 0 Å². The normalized spacial score (nSPS) is 11.3. The van der Waals surface area contributed by atoms with Gasteiger partial charge in [-0.05, 0) is 0 Å². The van der Waals surface area contributed by atoms with E-state index in [1.807, 2.05) is 0 Å². The summed E-state index contributed by atoms with van der Waals surface area (Å²) >= 11 is 0. The maximum atomic E-state index is 11.5. The van der Waals surface area contributed by atoms with Crippen molar-refractivity contribution in [3.63, 3.8) is 0 Å². The Morgan fingerprint density at radius 1 is 0.778 bits per heavy atom. The van der Waals surface area contributed by atoms with Gasteiger partial charge in [0.25, 0.3) is 0 Å². The predicted molar refractivity (Wildman–Crippen MR) is 94.7 cm³/mol. The average molecular weight is 393 g/mol. The number of nitrogens with zero attached hydrogens (tertiary/aromatic N) is 1. The van der Waals surface area contributed by atoms with E-state index in [1.54, 1.807) is 0 Å². The lowest BCUT2D eigenvalue weighted by Gasteiger charge is -2.19. The van der Waals surface area contributed by atoms with Crippen molar-refractivity contribution in [2.45, 2.75) is 13.8 Å². The van der Waals surface area contributed by atoms with Gasteiger partial charge in [0.1, 0.15) is 19.5 Å². The van der Waals surface area contributed by atoms with Gasteiger partial charge in [0, 0.05) is 13.8 Å². The average Bonchev–Trinajstić information content (AvgIpc) is 2.63. The Morgan fingerprint density at radius 3 is 1.74 bits per heavy atom. The Morgan fingerprint density at radius 2 is 1.26 bits per heavy atom. The molecule has 0 spiro atoms. The molecule has 0 aromatic carbocycles. The van der Waals surface area contributed by atoms with E-state index in [1.165, 1.54) is 20.1 Å². The van der Waals surface area contributed by atoms with Gasteiger partial charge < -0.3 is 33.9 Å². The summed E-state index contributed by atoms with van der Waals surface area (Å²) < 4.78 is 26.2. The molecule has 0 aliphatic heterocycles. The van der Waals surface area contributed by atoms with Crippen LogP contribution in [0, 0.1) is 0 Å². The lowest BCUT2D eigenvalue weighted by atomic mass is 10.4. The molecule has 0 radical (unpaired) electrons. The number of hydrogen-bond donors (Lipinski definition) is 2. The zero-order chi connectivity index (χ0) is 20.3. The summed E-state index contributed by atoms with van der Waals surface area (Å²) in [4.78, 5) is 24.0. The number of ether oxygens (including phenoxy) is 5. The molecule has 158 valence electrons. The molecule has 0 rings (SSSR count). The van der Waals surface area contributed by atoms with E-state index in [4.69, 9.17) is 33.9 Å². The minimum Gasteiger partial charge on any atom is -0.495 e. The first-order valence-electron chi connectivity index (χ1n) is 8.70. The largest absolute Gasteiger partial charge is 0.495 e. The molecule has 27 heavy (non-hydrogen) atoms. The first-order chi connectivity index (χ1) is 13.0. The fourth-order valence-corrected chi connectivity index (χ4v) is 1.76. The van der Waals surface area contributed by atoms with Gasteiger partial charge in [-0.2, -0.15) is 0 Å². The van der Waals surface area contributed by atoms with Gasteiger partial charge in [0.05, 0.1) is 59.4 Å². The first-order valence-corrected chi connectivity index (χ1v) is 8.70.